The molecule has 0 unspecified atom stereocenters. The van der Waals surface area contributed by atoms with Crippen LogP contribution in [0.2, 0.25) is 0 Å². The van der Waals surface area contributed by atoms with Gasteiger partial charge in [-0.05, 0) is 75.9 Å². The largest absolute Gasteiger partial charge is 0.497 e. The van der Waals surface area contributed by atoms with Gasteiger partial charge in [0.1, 0.15) is 5.75 Å². The number of benzene rings is 2. The third kappa shape index (κ3) is 4.14. The van der Waals surface area contributed by atoms with Crippen LogP contribution < -0.4 is 4.74 Å². The molecular formula is C30H38N4O2. The van der Waals surface area contributed by atoms with Gasteiger partial charge in [0.2, 0.25) is 0 Å². The second kappa shape index (κ2) is 9.44. The van der Waals surface area contributed by atoms with Crippen molar-refractivity contribution in [3.63, 3.8) is 0 Å². The maximum atomic E-state index is 13.9. The number of methoxy groups -OCH3 is 1. The lowest BCUT2D eigenvalue weighted by Crippen LogP contribution is -2.57. The number of carbonyl (C=O) groups is 1. The summed E-state index contributed by atoms with van der Waals surface area (Å²) in [5.74, 6) is 0.818. The van der Waals surface area contributed by atoms with Gasteiger partial charge in [0.05, 0.1) is 24.1 Å². The fourth-order valence-electron chi connectivity index (χ4n) is 6.70. The summed E-state index contributed by atoms with van der Waals surface area (Å²) in [5, 5.41) is 10.0. The van der Waals surface area contributed by atoms with Crippen LogP contribution in [0.5, 0.6) is 5.75 Å². The Morgan fingerprint density at radius 2 is 1.64 bits per heavy atom. The number of hydrogen-bond donors (Lipinski definition) is 0. The van der Waals surface area contributed by atoms with E-state index in [-0.39, 0.29) is 22.5 Å². The molecule has 3 aliphatic rings. The molecule has 2 amide bonds. The summed E-state index contributed by atoms with van der Waals surface area (Å²) in [6, 6.07) is 21.5. The highest BCUT2D eigenvalue weighted by atomic mass is 16.5. The van der Waals surface area contributed by atoms with E-state index < -0.39 is 0 Å². The van der Waals surface area contributed by atoms with Crippen LogP contribution in [0.25, 0.3) is 0 Å². The maximum absolute atomic E-state index is 13.9. The second-order valence-electron chi connectivity index (χ2n) is 11.3. The molecule has 0 radical (unpaired) electrons. The summed E-state index contributed by atoms with van der Waals surface area (Å²) in [4.78, 5) is 20.4. The molecule has 0 aromatic heterocycles. The number of nitrogens with zero attached hydrogens (tertiary/aromatic N) is 4. The van der Waals surface area contributed by atoms with Gasteiger partial charge < -0.3 is 14.5 Å². The topological polar surface area (TPSA) is 59.8 Å². The van der Waals surface area contributed by atoms with Gasteiger partial charge in [-0.1, -0.05) is 48.9 Å². The normalized spacial score (nSPS) is 27.2. The van der Waals surface area contributed by atoms with Gasteiger partial charge in [-0.3, -0.25) is 4.90 Å². The first-order valence-electron chi connectivity index (χ1n) is 13.2. The summed E-state index contributed by atoms with van der Waals surface area (Å²) in [7, 11) is 6.02. The zero-order chi connectivity index (χ0) is 25.4. The van der Waals surface area contributed by atoms with Gasteiger partial charge in [-0.2, -0.15) is 5.26 Å². The number of nitriles is 1. The second-order valence-corrected chi connectivity index (χ2v) is 11.3. The molecule has 2 saturated carbocycles. The van der Waals surface area contributed by atoms with Crippen LogP contribution in [0, 0.1) is 16.7 Å². The molecule has 6 heteroatoms. The number of urea groups is 1. The molecule has 0 atom stereocenters. The molecule has 1 heterocycles. The van der Waals surface area contributed by atoms with Gasteiger partial charge >= 0.3 is 6.03 Å². The fraction of sp³-hybridized carbons (Fsp3) is 0.533. The molecule has 1 aliphatic heterocycles. The molecule has 6 nitrogen and oxygen atoms in total. The molecular weight excluding hydrogens is 448 g/mol. The highest BCUT2D eigenvalue weighted by molar-refractivity contribution is 5.78. The number of amides is 2. The van der Waals surface area contributed by atoms with Gasteiger partial charge in [-0.25, -0.2) is 4.79 Å². The van der Waals surface area contributed by atoms with Crippen molar-refractivity contribution >= 4 is 6.03 Å². The van der Waals surface area contributed by atoms with E-state index in [0.717, 1.165) is 62.8 Å². The minimum absolute atomic E-state index is 0.0337. The summed E-state index contributed by atoms with van der Waals surface area (Å²) >= 11 is 0. The Kier molecular flexibility index (Phi) is 6.46. The molecule has 1 spiro atoms. The smallest absolute Gasteiger partial charge is 0.320 e. The van der Waals surface area contributed by atoms with Gasteiger partial charge in [-0.15, -0.1) is 0 Å². The number of rotatable bonds is 7. The Labute approximate surface area is 215 Å². The first kappa shape index (κ1) is 24.6. The van der Waals surface area contributed by atoms with Crippen LogP contribution in [-0.2, 0) is 12.1 Å². The third-order valence-corrected chi connectivity index (χ3v) is 9.28. The monoisotopic (exact) mass is 486 g/mol. The minimum atomic E-state index is -0.381. The lowest BCUT2D eigenvalue weighted by molar-refractivity contribution is 0.00724. The third-order valence-electron chi connectivity index (χ3n) is 9.28. The molecule has 2 aromatic carbocycles. The highest BCUT2D eigenvalue weighted by Gasteiger charge is 2.56. The first-order chi connectivity index (χ1) is 17.4. The highest BCUT2D eigenvalue weighted by Crippen LogP contribution is 2.51. The molecule has 2 aromatic rings. The predicted octanol–water partition coefficient (Wildman–Crippen LogP) is 5.40. The van der Waals surface area contributed by atoms with E-state index in [1.165, 1.54) is 5.56 Å². The Morgan fingerprint density at radius 3 is 2.17 bits per heavy atom. The average molecular weight is 487 g/mol. The minimum Gasteiger partial charge on any atom is -0.497 e. The van der Waals surface area contributed by atoms with Crippen molar-refractivity contribution in [3.8, 4) is 11.8 Å². The van der Waals surface area contributed by atoms with Crippen LogP contribution in [0.4, 0.5) is 4.79 Å². The van der Waals surface area contributed by atoms with Crippen molar-refractivity contribution in [3.05, 3.63) is 65.7 Å². The van der Waals surface area contributed by atoms with Gasteiger partial charge in [0, 0.05) is 25.2 Å². The average Bonchev–Trinajstić information content (AvgIpc) is 3.12. The van der Waals surface area contributed by atoms with E-state index in [1.807, 2.05) is 29.2 Å². The van der Waals surface area contributed by atoms with E-state index in [0.29, 0.717) is 13.1 Å². The molecule has 190 valence electrons. The van der Waals surface area contributed by atoms with Gasteiger partial charge in [0.25, 0.3) is 0 Å². The van der Waals surface area contributed by atoms with Gasteiger partial charge in [0.15, 0.2) is 0 Å². The number of ether oxygens (including phenoxy) is 1. The van der Waals surface area contributed by atoms with Crippen molar-refractivity contribution in [2.24, 2.45) is 5.41 Å². The van der Waals surface area contributed by atoms with Crippen LogP contribution in [0.3, 0.4) is 0 Å². The summed E-state index contributed by atoms with van der Waals surface area (Å²) in [5.41, 5.74) is 1.81. The van der Waals surface area contributed by atoms with Crippen molar-refractivity contribution in [2.45, 2.75) is 62.6 Å². The van der Waals surface area contributed by atoms with E-state index in [4.69, 9.17) is 4.74 Å². The molecule has 0 N–H and O–H groups in total. The molecule has 36 heavy (non-hydrogen) atoms. The van der Waals surface area contributed by atoms with E-state index in [9.17, 15) is 10.1 Å². The Morgan fingerprint density at radius 1 is 0.972 bits per heavy atom. The van der Waals surface area contributed by atoms with Crippen LogP contribution >= 0.6 is 0 Å². The van der Waals surface area contributed by atoms with Crippen molar-refractivity contribution in [2.75, 3.05) is 34.3 Å². The maximum Gasteiger partial charge on any atom is 0.320 e. The number of carbonyl (C=O) groups excluding carboxylic acids is 1. The molecule has 0 bridgehead atoms. The lowest BCUT2D eigenvalue weighted by Gasteiger charge is -2.52. The van der Waals surface area contributed by atoms with E-state index in [2.05, 4.69) is 60.3 Å². The Hall–Kier alpha value is -3.04. The van der Waals surface area contributed by atoms with Crippen molar-refractivity contribution in [1.82, 2.24) is 14.7 Å². The standard InChI is InChI=1S/C30H38N4O2/c1-32(2)30(25-8-5-4-6-9-25)18-16-29(17-19-30)23-33(20-24-10-12-26(36-3)13-11-24)27(35)34(29)22-28(21-31)14-7-15-28/h4-6,8-13H,7,14-20,22-23H2,1-3H3/t29-,30-. The molecule has 2 aliphatic carbocycles. The van der Waals surface area contributed by atoms with Crippen molar-refractivity contribution in [1.29, 1.82) is 5.26 Å². The first-order valence-corrected chi connectivity index (χ1v) is 13.2. The zero-order valence-electron chi connectivity index (χ0n) is 21.9. The summed E-state index contributed by atoms with van der Waals surface area (Å²) in [6.07, 6.45) is 6.73. The molecule has 5 rings (SSSR count). The number of hydrogen-bond acceptors (Lipinski definition) is 4. The van der Waals surface area contributed by atoms with Crippen LogP contribution in [0.15, 0.2) is 54.6 Å². The Balaban J connectivity index is 1.42. The fourth-order valence-corrected chi connectivity index (χ4v) is 6.70. The predicted molar refractivity (Wildman–Crippen MR) is 140 cm³/mol. The molecule has 1 saturated heterocycles. The van der Waals surface area contributed by atoms with E-state index in [1.54, 1.807) is 7.11 Å². The SMILES string of the molecule is COc1ccc(CN2C[C@]3(CC[C@@](c4ccccc4)(N(C)C)CC3)N(CC3(C#N)CCC3)C2=O)cc1. The molecule has 3 fully saturated rings. The van der Waals surface area contributed by atoms with Crippen molar-refractivity contribution < 1.29 is 9.53 Å². The van der Waals surface area contributed by atoms with Crippen LogP contribution in [0.1, 0.15) is 56.1 Å². The van der Waals surface area contributed by atoms with E-state index >= 15 is 0 Å². The zero-order valence-corrected chi connectivity index (χ0v) is 21.9. The quantitative estimate of drug-likeness (QED) is 0.526. The van der Waals surface area contributed by atoms with Crippen LogP contribution in [-0.4, -0.2) is 60.6 Å². The lowest BCUT2D eigenvalue weighted by atomic mass is 9.66. The summed E-state index contributed by atoms with van der Waals surface area (Å²) < 4.78 is 5.31. The summed E-state index contributed by atoms with van der Waals surface area (Å²) in [6.45, 7) is 1.86. The Bertz CT molecular complexity index is 1110.